The topological polar surface area (TPSA) is 46.3 Å². The highest BCUT2D eigenvalue weighted by Crippen LogP contribution is 2.35. The molecule has 0 saturated carbocycles. The molecule has 23 heavy (non-hydrogen) atoms. The van der Waals surface area contributed by atoms with Crippen molar-refractivity contribution in [2.75, 3.05) is 11.4 Å². The summed E-state index contributed by atoms with van der Waals surface area (Å²) in [5.41, 5.74) is 7.12. The van der Waals surface area contributed by atoms with Crippen LogP contribution in [0.1, 0.15) is 27.0 Å². The Hall–Kier alpha value is -2.50. The van der Waals surface area contributed by atoms with Crippen molar-refractivity contribution in [2.24, 2.45) is 5.73 Å². The van der Waals surface area contributed by atoms with Crippen LogP contribution in [0.25, 0.3) is 0 Å². The molecule has 120 valence electrons. The highest BCUT2D eigenvalue weighted by molar-refractivity contribution is 5.98. The second-order valence-electron chi connectivity index (χ2n) is 5.53. The molecule has 1 aliphatic heterocycles. The largest absolute Gasteiger partial charge is 0.416 e. The van der Waals surface area contributed by atoms with Gasteiger partial charge in [-0.1, -0.05) is 24.3 Å². The van der Waals surface area contributed by atoms with Gasteiger partial charge in [-0.2, -0.15) is 13.2 Å². The first-order valence-electron chi connectivity index (χ1n) is 7.19. The van der Waals surface area contributed by atoms with E-state index in [0.29, 0.717) is 19.5 Å². The van der Waals surface area contributed by atoms with E-state index >= 15 is 0 Å². The van der Waals surface area contributed by atoms with E-state index in [9.17, 15) is 18.0 Å². The van der Waals surface area contributed by atoms with Crippen molar-refractivity contribution in [1.82, 2.24) is 0 Å². The summed E-state index contributed by atoms with van der Waals surface area (Å²) in [4.78, 5) is 13.4. The molecule has 3 nitrogen and oxygen atoms in total. The Morgan fingerprint density at radius 1 is 1.09 bits per heavy atom. The molecule has 0 spiro atoms. The quantitative estimate of drug-likeness (QED) is 0.922. The highest BCUT2D eigenvalue weighted by Gasteiger charge is 2.32. The van der Waals surface area contributed by atoms with Gasteiger partial charge in [-0.3, -0.25) is 4.79 Å². The van der Waals surface area contributed by atoms with E-state index in [4.69, 9.17) is 5.73 Å². The molecule has 0 radical (unpaired) electrons. The average molecular weight is 320 g/mol. The molecule has 1 aliphatic rings. The molecule has 1 heterocycles. The van der Waals surface area contributed by atoms with Gasteiger partial charge in [-0.15, -0.1) is 0 Å². The molecule has 0 bridgehead atoms. The molecular formula is C17H15F3N2O. The van der Waals surface area contributed by atoms with Crippen LogP contribution < -0.4 is 10.6 Å². The summed E-state index contributed by atoms with van der Waals surface area (Å²) in [6, 6.07) is 10.8. The van der Waals surface area contributed by atoms with Crippen LogP contribution in [0.4, 0.5) is 18.9 Å². The minimum Gasteiger partial charge on any atom is -0.366 e. The zero-order valence-corrected chi connectivity index (χ0v) is 12.2. The maximum Gasteiger partial charge on any atom is 0.416 e. The number of anilines is 1. The molecule has 2 aromatic rings. The maximum atomic E-state index is 13.0. The lowest BCUT2D eigenvalue weighted by Crippen LogP contribution is -2.32. The number of nitrogens with two attached hydrogens (primary N) is 1. The van der Waals surface area contributed by atoms with Crippen LogP contribution in [0.3, 0.4) is 0 Å². The van der Waals surface area contributed by atoms with E-state index in [-0.39, 0.29) is 11.3 Å². The van der Waals surface area contributed by atoms with Gasteiger partial charge in [0.2, 0.25) is 0 Å². The van der Waals surface area contributed by atoms with Crippen molar-refractivity contribution >= 4 is 11.6 Å². The maximum absolute atomic E-state index is 13.0. The molecule has 0 atom stereocenters. The Morgan fingerprint density at radius 2 is 1.78 bits per heavy atom. The van der Waals surface area contributed by atoms with Gasteiger partial charge in [0.15, 0.2) is 0 Å². The van der Waals surface area contributed by atoms with Gasteiger partial charge in [0.1, 0.15) is 0 Å². The number of halogens is 3. The van der Waals surface area contributed by atoms with E-state index in [0.717, 1.165) is 23.8 Å². The van der Waals surface area contributed by atoms with E-state index in [2.05, 4.69) is 0 Å². The zero-order chi connectivity index (χ0) is 16.6. The van der Waals surface area contributed by atoms with Crippen LogP contribution in [-0.4, -0.2) is 12.5 Å². The molecule has 0 fully saturated rings. The lowest BCUT2D eigenvalue weighted by Gasteiger charge is -2.32. The number of hydrogen-bond donors (Lipinski definition) is 1. The third-order valence-electron chi connectivity index (χ3n) is 4.06. The lowest BCUT2D eigenvalue weighted by atomic mass is 9.98. The van der Waals surface area contributed by atoms with E-state index in [1.165, 1.54) is 5.56 Å². The van der Waals surface area contributed by atoms with Crippen molar-refractivity contribution in [3.8, 4) is 0 Å². The predicted octanol–water partition coefficient (Wildman–Crippen LogP) is 3.37. The number of carbonyl (C=O) groups is 1. The fourth-order valence-electron chi connectivity index (χ4n) is 2.88. The molecule has 1 amide bonds. The summed E-state index contributed by atoms with van der Waals surface area (Å²) in [6.45, 7) is 0.996. The third kappa shape index (κ3) is 3.02. The minimum atomic E-state index is -4.46. The van der Waals surface area contributed by atoms with Crippen LogP contribution in [0, 0.1) is 0 Å². The van der Waals surface area contributed by atoms with Gasteiger partial charge in [0.25, 0.3) is 5.91 Å². The molecule has 2 aromatic carbocycles. The van der Waals surface area contributed by atoms with E-state index in [1.807, 2.05) is 24.3 Å². The highest BCUT2D eigenvalue weighted by atomic mass is 19.4. The summed E-state index contributed by atoms with van der Waals surface area (Å²) in [7, 11) is 0. The first-order valence-corrected chi connectivity index (χ1v) is 7.19. The minimum absolute atomic E-state index is 0.109. The number of nitrogens with zero attached hydrogens (tertiary/aromatic N) is 1. The fraction of sp³-hybridized carbons (Fsp3) is 0.235. The summed E-state index contributed by atoms with van der Waals surface area (Å²) in [5.74, 6) is -0.729. The van der Waals surface area contributed by atoms with Crippen molar-refractivity contribution < 1.29 is 18.0 Å². The Bertz CT molecular complexity index is 756. The van der Waals surface area contributed by atoms with E-state index < -0.39 is 17.6 Å². The second-order valence-corrected chi connectivity index (χ2v) is 5.53. The number of benzene rings is 2. The average Bonchev–Trinajstić information content (AvgIpc) is 2.53. The van der Waals surface area contributed by atoms with Crippen LogP contribution in [-0.2, 0) is 19.1 Å². The number of primary amides is 1. The number of fused-ring (bicyclic) bond motifs is 1. The molecule has 0 unspecified atom stereocenters. The predicted molar refractivity (Wildman–Crippen MR) is 81.2 cm³/mol. The van der Waals surface area contributed by atoms with Crippen LogP contribution in [0.2, 0.25) is 0 Å². The number of amides is 1. The van der Waals surface area contributed by atoms with Gasteiger partial charge in [0, 0.05) is 13.1 Å². The van der Waals surface area contributed by atoms with Crippen molar-refractivity contribution in [3.05, 3.63) is 64.7 Å². The molecule has 2 N–H and O–H groups in total. The SMILES string of the molecule is NC(=O)c1ccc(C(F)(F)F)cc1N1CCc2ccccc2C1. The molecule has 0 aliphatic carbocycles. The Kier molecular flexibility index (Phi) is 3.75. The first kappa shape index (κ1) is 15.4. The number of carbonyl (C=O) groups excluding carboxylic acids is 1. The summed E-state index contributed by atoms with van der Waals surface area (Å²) >= 11 is 0. The van der Waals surface area contributed by atoms with Crippen molar-refractivity contribution in [1.29, 1.82) is 0 Å². The summed E-state index contributed by atoms with van der Waals surface area (Å²) in [6.07, 6.45) is -3.75. The first-order chi connectivity index (χ1) is 10.9. The molecular weight excluding hydrogens is 305 g/mol. The van der Waals surface area contributed by atoms with Crippen LogP contribution >= 0.6 is 0 Å². The number of alkyl halides is 3. The normalized spacial score (nSPS) is 14.5. The molecule has 3 rings (SSSR count). The van der Waals surface area contributed by atoms with Gasteiger partial charge >= 0.3 is 6.18 Å². The van der Waals surface area contributed by atoms with Gasteiger partial charge in [-0.25, -0.2) is 0 Å². The van der Waals surface area contributed by atoms with Gasteiger partial charge < -0.3 is 10.6 Å². The molecule has 0 saturated heterocycles. The zero-order valence-electron chi connectivity index (χ0n) is 12.2. The monoisotopic (exact) mass is 320 g/mol. The fourth-order valence-corrected chi connectivity index (χ4v) is 2.88. The van der Waals surface area contributed by atoms with Crippen molar-refractivity contribution in [2.45, 2.75) is 19.1 Å². The molecule has 6 heteroatoms. The standard InChI is InChI=1S/C17H15F3N2O/c18-17(19,20)13-5-6-14(16(21)23)15(9-13)22-8-7-11-3-1-2-4-12(11)10-22/h1-6,9H,7-8,10H2,(H2,21,23). The molecule has 0 aromatic heterocycles. The Labute approximate surface area is 131 Å². The van der Waals surface area contributed by atoms with Gasteiger partial charge in [0.05, 0.1) is 16.8 Å². The number of hydrogen-bond acceptors (Lipinski definition) is 2. The smallest absolute Gasteiger partial charge is 0.366 e. The summed E-state index contributed by atoms with van der Waals surface area (Å²) in [5, 5.41) is 0. The van der Waals surface area contributed by atoms with Crippen molar-refractivity contribution in [3.63, 3.8) is 0 Å². The third-order valence-corrected chi connectivity index (χ3v) is 4.06. The lowest BCUT2D eigenvalue weighted by molar-refractivity contribution is -0.137. The van der Waals surface area contributed by atoms with Crippen LogP contribution in [0.15, 0.2) is 42.5 Å². The van der Waals surface area contributed by atoms with Gasteiger partial charge in [-0.05, 0) is 35.7 Å². The summed E-state index contributed by atoms with van der Waals surface area (Å²) < 4.78 is 38.9. The van der Waals surface area contributed by atoms with Crippen LogP contribution in [0.5, 0.6) is 0 Å². The Balaban J connectivity index is 2.03. The number of rotatable bonds is 2. The van der Waals surface area contributed by atoms with E-state index in [1.54, 1.807) is 4.90 Å². The Morgan fingerprint density at radius 3 is 2.43 bits per heavy atom. The second kappa shape index (κ2) is 5.61.